The Morgan fingerprint density at radius 1 is 1.06 bits per heavy atom. The number of fused-ring (bicyclic) bond motifs is 3. The highest BCUT2D eigenvalue weighted by Crippen LogP contribution is 2.45. The smallest absolute Gasteiger partial charge is 0.168 e. The maximum Gasteiger partial charge on any atom is 0.168 e. The van der Waals surface area contributed by atoms with Crippen LogP contribution in [-0.4, -0.2) is 34.7 Å². The summed E-state index contributed by atoms with van der Waals surface area (Å²) in [6, 6.07) is 4.45. The van der Waals surface area contributed by atoms with E-state index in [1.165, 1.54) is 73.8 Å². The Morgan fingerprint density at radius 3 is 2.50 bits per heavy atom. The zero-order valence-corrected chi connectivity index (χ0v) is 20.9. The van der Waals surface area contributed by atoms with Crippen LogP contribution in [0, 0.1) is 17.3 Å². The Balaban J connectivity index is 1.34. The lowest BCUT2D eigenvalue weighted by atomic mass is 9.75. The van der Waals surface area contributed by atoms with Crippen LogP contribution in [0.4, 0.5) is 0 Å². The van der Waals surface area contributed by atoms with Gasteiger partial charge in [0.15, 0.2) is 5.58 Å². The predicted octanol–water partition coefficient (Wildman–Crippen LogP) is 7.25. The SMILES string of the molecule is CC(C)(C)c1[nH]oc2c(C3CCC(CN4CCC(C(C)(C)C)CC4)C3)cc3nccc3c12. The van der Waals surface area contributed by atoms with Gasteiger partial charge in [0.05, 0.1) is 16.6 Å². The maximum atomic E-state index is 6.16. The van der Waals surface area contributed by atoms with Crippen molar-refractivity contribution < 1.29 is 4.52 Å². The van der Waals surface area contributed by atoms with Crippen molar-refractivity contribution in [1.29, 1.82) is 0 Å². The molecule has 2 unspecified atom stereocenters. The Morgan fingerprint density at radius 2 is 1.81 bits per heavy atom. The van der Waals surface area contributed by atoms with Crippen molar-refractivity contribution in [3.05, 3.63) is 29.6 Å². The first-order chi connectivity index (χ1) is 15.1. The van der Waals surface area contributed by atoms with Gasteiger partial charge >= 0.3 is 0 Å². The summed E-state index contributed by atoms with van der Waals surface area (Å²) >= 11 is 0. The van der Waals surface area contributed by atoms with E-state index < -0.39 is 0 Å². The molecule has 0 radical (unpaired) electrons. The fourth-order valence-corrected chi connectivity index (χ4v) is 6.37. The molecule has 4 nitrogen and oxygen atoms in total. The molecule has 1 saturated carbocycles. The normalized spacial score (nSPS) is 24.2. The predicted molar refractivity (Wildman–Crippen MR) is 133 cm³/mol. The Labute approximate surface area is 193 Å². The fourth-order valence-electron chi connectivity index (χ4n) is 6.37. The third-order valence-electron chi connectivity index (χ3n) is 8.35. The van der Waals surface area contributed by atoms with Crippen molar-refractivity contribution in [2.75, 3.05) is 19.6 Å². The number of H-pyrrole nitrogens is 1. The van der Waals surface area contributed by atoms with E-state index in [1.807, 2.05) is 6.20 Å². The lowest BCUT2D eigenvalue weighted by Gasteiger charge is -2.39. The van der Waals surface area contributed by atoms with Gasteiger partial charge in [-0.05, 0) is 80.5 Å². The van der Waals surface area contributed by atoms with E-state index in [4.69, 9.17) is 4.52 Å². The number of hydrogen-bond acceptors (Lipinski definition) is 3. The minimum atomic E-state index is 0.00542. The first-order valence-electron chi connectivity index (χ1n) is 12.7. The summed E-state index contributed by atoms with van der Waals surface area (Å²) in [5.74, 6) is 2.24. The second-order valence-electron chi connectivity index (χ2n) is 12.7. The van der Waals surface area contributed by atoms with E-state index in [0.29, 0.717) is 11.3 Å². The van der Waals surface area contributed by atoms with E-state index in [9.17, 15) is 0 Å². The highest BCUT2D eigenvalue weighted by atomic mass is 16.5. The van der Waals surface area contributed by atoms with Gasteiger partial charge in [0, 0.05) is 29.1 Å². The molecule has 0 bridgehead atoms. The van der Waals surface area contributed by atoms with Gasteiger partial charge in [0.25, 0.3) is 0 Å². The average molecular weight is 436 g/mol. The lowest BCUT2D eigenvalue weighted by Crippen LogP contribution is -2.40. The Hall–Kier alpha value is -1.81. The highest BCUT2D eigenvalue weighted by molar-refractivity contribution is 6.07. The van der Waals surface area contributed by atoms with Crippen molar-refractivity contribution in [1.82, 2.24) is 15.0 Å². The summed E-state index contributed by atoms with van der Waals surface area (Å²) in [6.45, 7) is 17.8. The third-order valence-corrected chi connectivity index (χ3v) is 8.35. The zero-order chi connectivity index (χ0) is 22.7. The third kappa shape index (κ3) is 4.00. The number of rotatable bonds is 3. The van der Waals surface area contributed by atoms with Crippen LogP contribution in [0.15, 0.2) is 22.9 Å². The van der Waals surface area contributed by atoms with Crippen LogP contribution in [0.1, 0.15) is 90.8 Å². The van der Waals surface area contributed by atoms with Crippen molar-refractivity contribution in [2.24, 2.45) is 17.3 Å². The maximum absolute atomic E-state index is 6.16. The molecule has 3 heterocycles. The number of benzene rings is 1. The standard InChI is InChI=1S/C28H41N3O/c1-27(2,3)20-10-13-31(14-11-20)17-18-7-8-19(15-18)22-16-23-21(9-12-29-23)24-25(22)32-30-26(24)28(4,5)6/h9,12,16,18-20,30H,7-8,10-11,13-15,17H2,1-6H3. The van der Waals surface area contributed by atoms with Crippen LogP contribution in [-0.2, 0) is 5.41 Å². The van der Waals surface area contributed by atoms with Crippen LogP contribution >= 0.6 is 0 Å². The summed E-state index contributed by atoms with van der Waals surface area (Å²) in [4.78, 5) is 7.42. The second-order valence-corrected chi connectivity index (χ2v) is 12.7. The molecule has 1 N–H and O–H groups in total. The van der Waals surface area contributed by atoms with Crippen LogP contribution in [0.5, 0.6) is 0 Å². The molecule has 32 heavy (non-hydrogen) atoms. The molecule has 1 aliphatic carbocycles. The van der Waals surface area contributed by atoms with Gasteiger partial charge in [-0.2, -0.15) is 0 Å². The van der Waals surface area contributed by atoms with Gasteiger partial charge in [-0.15, -0.1) is 0 Å². The number of likely N-dealkylation sites (tertiary alicyclic amines) is 1. The van der Waals surface area contributed by atoms with Gasteiger partial charge in [-0.25, -0.2) is 5.16 Å². The summed E-state index contributed by atoms with van der Waals surface area (Å²) in [7, 11) is 0. The molecule has 2 fully saturated rings. The van der Waals surface area contributed by atoms with Crippen LogP contribution in [0.2, 0.25) is 0 Å². The van der Waals surface area contributed by atoms with E-state index in [-0.39, 0.29) is 5.41 Å². The minimum Gasteiger partial charge on any atom is -0.381 e. The van der Waals surface area contributed by atoms with Gasteiger partial charge in [0.2, 0.25) is 0 Å². The quantitative estimate of drug-likeness (QED) is 0.471. The first kappa shape index (κ1) is 22.0. The van der Waals surface area contributed by atoms with Crippen LogP contribution < -0.4 is 0 Å². The van der Waals surface area contributed by atoms with E-state index in [0.717, 1.165) is 22.9 Å². The summed E-state index contributed by atoms with van der Waals surface area (Å²) in [6.07, 6.45) is 8.51. The number of aromatic nitrogens is 2. The van der Waals surface area contributed by atoms with Gasteiger partial charge < -0.3 is 9.42 Å². The molecule has 0 spiro atoms. The zero-order valence-electron chi connectivity index (χ0n) is 20.9. The summed E-state index contributed by atoms with van der Waals surface area (Å²) in [5, 5.41) is 5.74. The molecular weight excluding hydrogens is 394 g/mol. The summed E-state index contributed by atoms with van der Waals surface area (Å²) in [5.41, 5.74) is 5.18. The van der Waals surface area contributed by atoms with Gasteiger partial charge in [-0.3, -0.25) is 4.98 Å². The van der Waals surface area contributed by atoms with Crippen molar-refractivity contribution in [3.8, 4) is 0 Å². The molecule has 2 atom stereocenters. The topological polar surface area (TPSA) is 45.1 Å². The van der Waals surface area contributed by atoms with Crippen molar-refractivity contribution in [3.63, 3.8) is 0 Å². The summed E-state index contributed by atoms with van der Waals surface area (Å²) < 4.78 is 6.16. The largest absolute Gasteiger partial charge is 0.381 e. The van der Waals surface area contributed by atoms with E-state index in [1.54, 1.807) is 0 Å². The first-order valence-corrected chi connectivity index (χ1v) is 12.7. The van der Waals surface area contributed by atoms with Crippen LogP contribution in [0.3, 0.4) is 0 Å². The molecule has 2 aromatic heterocycles. The molecule has 174 valence electrons. The number of aromatic amines is 1. The number of hydrogen-bond donors (Lipinski definition) is 1. The number of piperidine rings is 1. The second kappa shape index (κ2) is 7.90. The monoisotopic (exact) mass is 435 g/mol. The van der Waals surface area contributed by atoms with E-state index in [2.05, 4.69) is 68.7 Å². The molecule has 1 aliphatic heterocycles. The molecule has 2 aliphatic rings. The Bertz CT molecular complexity index is 1090. The minimum absolute atomic E-state index is 0.00542. The fraction of sp³-hybridized carbons (Fsp3) is 0.679. The molecule has 4 heteroatoms. The average Bonchev–Trinajstić information content (AvgIpc) is 3.45. The lowest BCUT2D eigenvalue weighted by molar-refractivity contribution is 0.101. The Kier molecular flexibility index (Phi) is 5.43. The molecule has 1 aromatic carbocycles. The van der Waals surface area contributed by atoms with Crippen molar-refractivity contribution >= 4 is 21.9 Å². The molecule has 5 rings (SSSR count). The van der Waals surface area contributed by atoms with Gasteiger partial charge in [0.1, 0.15) is 0 Å². The molecule has 1 saturated heterocycles. The number of nitrogens with zero attached hydrogens (tertiary/aromatic N) is 2. The van der Waals surface area contributed by atoms with Gasteiger partial charge in [-0.1, -0.05) is 41.5 Å². The van der Waals surface area contributed by atoms with Crippen molar-refractivity contribution in [2.45, 2.75) is 85.0 Å². The van der Waals surface area contributed by atoms with E-state index >= 15 is 0 Å². The van der Waals surface area contributed by atoms with Crippen LogP contribution in [0.25, 0.3) is 21.9 Å². The highest BCUT2D eigenvalue weighted by Gasteiger charge is 2.34. The molecular formula is C28H41N3O. The molecule has 0 amide bonds. The number of nitrogens with one attached hydrogen (secondary N) is 1. The molecule has 3 aromatic rings.